The summed E-state index contributed by atoms with van der Waals surface area (Å²) >= 11 is 0. The van der Waals surface area contributed by atoms with Crippen LogP contribution in [-0.4, -0.2) is 46.0 Å². The summed E-state index contributed by atoms with van der Waals surface area (Å²) in [5, 5.41) is 26.8. The summed E-state index contributed by atoms with van der Waals surface area (Å²) in [4.78, 5) is 9.76. The van der Waals surface area contributed by atoms with Gasteiger partial charge in [0, 0.05) is 37.0 Å². The highest BCUT2D eigenvalue weighted by molar-refractivity contribution is 7.89. The van der Waals surface area contributed by atoms with Gasteiger partial charge in [0.25, 0.3) is 0 Å². The molecule has 2 N–H and O–H groups in total. The standard InChI is InChI=1S/C12H12N4O5S/c17-12-2-1-9(5-11(12)16(18)19)22(20,21)15-6-8(7-15)10-3-4-13-14-10/h1-5,8,17H,6-7H2,(H,13,14). The van der Waals surface area contributed by atoms with E-state index in [2.05, 4.69) is 10.2 Å². The number of aromatic nitrogens is 2. The first-order valence-electron chi connectivity index (χ1n) is 6.36. The lowest BCUT2D eigenvalue weighted by Crippen LogP contribution is -2.48. The molecule has 1 aromatic heterocycles. The van der Waals surface area contributed by atoms with E-state index in [0.29, 0.717) is 0 Å². The van der Waals surface area contributed by atoms with Gasteiger partial charge in [-0.2, -0.15) is 9.40 Å². The molecule has 0 bridgehead atoms. The summed E-state index contributed by atoms with van der Waals surface area (Å²) in [5.41, 5.74) is 0.217. The summed E-state index contributed by atoms with van der Waals surface area (Å²) in [5.74, 6) is -0.535. The van der Waals surface area contributed by atoms with Gasteiger partial charge in [0.1, 0.15) is 0 Å². The molecule has 0 spiro atoms. The van der Waals surface area contributed by atoms with Gasteiger partial charge in [-0.05, 0) is 18.2 Å². The van der Waals surface area contributed by atoms with Gasteiger partial charge >= 0.3 is 5.69 Å². The van der Waals surface area contributed by atoms with E-state index in [4.69, 9.17) is 0 Å². The van der Waals surface area contributed by atoms with Crippen LogP contribution >= 0.6 is 0 Å². The van der Waals surface area contributed by atoms with Crippen molar-refractivity contribution in [3.63, 3.8) is 0 Å². The largest absolute Gasteiger partial charge is 0.502 e. The minimum atomic E-state index is -3.82. The van der Waals surface area contributed by atoms with Crippen LogP contribution in [0.1, 0.15) is 11.6 Å². The second kappa shape index (κ2) is 5.07. The van der Waals surface area contributed by atoms with E-state index >= 15 is 0 Å². The van der Waals surface area contributed by atoms with Crippen LogP contribution in [0.25, 0.3) is 0 Å². The van der Waals surface area contributed by atoms with E-state index in [1.54, 1.807) is 12.3 Å². The number of sulfonamides is 1. The van der Waals surface area contributed by atoms with Crippen LogP contribution < -0.4 is 0 Å². The molecule has 2 heterocycles. The molecule has 0 radical (unpaired) electrons. The number of nitro benzene ring substituents is 1. The molecule has 1 saturated heterocycles. The smallest absolute Gasteiger partial charge is 0.312 e. The van der Waals surface area contributed by atoms with Gasteiger partial charge in [-0.3, -0.25) is 15.2 Å². The molecule has 0 unspecified atom stereocenters. The van der Waals surface area contributed by atoms with Gasteiger partial charge in [0.05, 0.1) is 9.82 Å². The Kier molecular flexibility index (Phi) is 3.34. The first kappa shape index (κ1) is 14.5. The summed E-state index contributed by atoms with van der Waals surface area (Å²) < 4.78 is 26.1. The molecular formula is C12H12N4O5S. The second-order valence-corrected chi connectivity index (χ2v) is 6.88. The molecule has 3 rings (SSSR count). The van der Waals surface area contributed by atoms with Crippen molar-refractivity contribution >= 4 is 15.7 Å². The average molecular weight is 324 g/mol. The van der Waals surface area contributed by atoms with Crippen LogP contribution in [0.4, 0.5) is 5.69 Å². The molecular weight excluding hydrogens is 312 g/mol. The van der Waals surface area contributed by atoms with Crippen LogP contribution in [0.5, 0.6) is 5.75 Å². The van der Waals surface area contributed by atoms with Crippen molar-refractivity contribution in [2.45, 2.75) is 10.8 Å². The Morgan fingerprint density at radius 2 is 2.09 bits per heavy atom. The lowest BCUT2D eigenvalue weighted by Gasteiger charge is -2.37. The Morgan fingerprint density at radius 1 is 1.36 bits per heavy atom. The highest BCUT2D eigenvalue weighted by atomic mass is 32.2. The maximum Gasteiger partial charge on any atom is 0.312 e. The number of aromatic amines is 1. The summed E-state index contributed by atoms with van der Waals surface area (Å²) in [6.07, 6.45) is 1.59. The number of nitro groups is 1. The van der Waals surface area contributed by atoms with Gasteiger partial charge in [-0.1, -0.05) is 0 Å². The fraction of sp³-hybridized carbons (Fsp3) is 0.250. The minimum Gasteiger partial charge on any atom is -0.502 e. The first-order valence-corrected chi connectivity index (χ1v) is 7.80. The van der Waals surface area contributed by atoms with E-state index < -0.39 is 26.4 Å². The predicted octanol–water partition coefficient (Wildman–Crippen LogP) is 0.812. The molecule has 1 aliphatic rings. The lowest BCUT2D eigenvalue weighted by atomic mass is 10.00. The fourth-order valence-electron chi connectivity index (χ4n) is 2.28. The Labute approximate surface area is 125 Å². The summed E-state index contributed by atoms with van der Waals surface area (Å²) in [6.45, 7) is 0.554. The summed E-state index contributed by atoms with van der Waals surface area (Å²) in [7, 11) is -3.82. The molecule has 2 aromatic rings. The van der Waals surface area contributed by atoms with Gasteiger partial charge < -0.3 is 5.11 Å². The highest BCUT2D eigenvalue weighted by Gasteiger charge is 2.38. The van der Waals surface area contributed by atoms with E-state index in [1.165, 1.54) is 4.31 Å². The molecule has 1 aliphatic heterocycles. The highest BCUT2D eigenvalue weighted by Crippen LogP contribution is 2.34. The Morgan fingerprint density at radius 3 is 2.68 bits per heavy atom. The Bertz CT molecular complexity index is 812. The normalized spacial score (nSPS) is 16.4. The van der Waals surface area contributed by atoms with Crippen molar-refractivity contribution in [2.24, 2.45) is 0 Å². The second-order valence-electron chi connectivity index (χ2n) is 4.94. The monoisotopic (exact) mass is 324 g/mol. The summed E-state index contributed by atoms with van der Waals surface area (Å²) in [6, 6.07) is 4.81. The van der Waals surface area contributed by atoms with Gasteiger partial charge in [-0.15, -0.1) is 0 Å². The molecule has 0 amide bonds. The third-order valence-electron chi connectivity index (χ3n) is 3.59. The van der Waals surface area contributed by atoms with Crippen molar-refractivity contribution in [3.8, 4) is 5.75 Å². The number of H-pyrrole nitrogens is 1. The molecule has 0 atom stereocenters. The van der Waals surface area contributed by atoms with Gasteiger partial charge in [0.2, 0.25) is 10.0 Å². The zero-order valence-corrected chi connectivity index (χ0v) is 12.0. The van der Waals surface area contributed by atoms with E-state index in [1.807, 2.05) is 0 Å². The van der Waals surface area contributed by atoms with E-state index in [-0.39, 0.29) is 23.9 Å². The van der Waals surface area contributed by atoms with Gasteiger partial charge in [-0.25, -0.2) is 8.42 Å². The number of hydrogen-bond acceptors (Lipinski definition) is 6. The van der Waals surface area contributed by atoms with Crippen LogP contribution in [-0.2, 0) is 10.0 Å². The molecule has 9 nitrogen and oxygen atoms in total. The third-order valence-corrected chi connectivity index (χ3v) is 5.42. The molecule has 1 aromatic carbocycles. The maximum atomic E-state index is 12.4. The third kappa shape index (κ3) is 2.31. The van der Waals surface area contributed by atoms with Crippen molar-refractivity contribution < 1.29 is 18.4 Å². The Balaban J connectivity index is 1.83. The molecule has 116 valence electrons. The first-order chi connectivity index (χ1) is 10.4. The van der Waals surface area contributed by atoms with Crippen molar-refractivity contribution in [1.29, 1.82) is 0 Å². The predicted molar refractivity (Wildman–Crippen MR) is 74.8 cm³/mol. The zero-order valence-electron chi connectivity index (χ0n) is 11.2. The number of phenols is 1. The molecule has 10 heteroatoms. The molecule has 22 heavy (non-hydrogen) atoms. The zero-order chi connectivity index (χ0) is 15.9. The van der Waals surface area contributed by atoms with E-state index in [9.17, 15) is 23.6 Å². The van der Waals surface area contributed by atoms with Crippen molar-refractivity contribution in [3.05, 3.63) is 46.3 Å². The number of aromatic hydroxyl groups is 1. The number of hydrogen-bond donors (Lipinski definition) is 2. The minimum absolute atomic E-state index is 0.0318. The number of nitrogens with zero attached hydrogens (tertiary/aromatic N) is 3. The Hall–Kier alpha value is -2.46. The molecule has 0 aliphatic carbocycles. The maximum absolute atomic E-state index is 12.4. The SMILES string of the molecule is O=[N+]([O-])c1cc(S(=O)(=O)N2CC(c3ccn[nH]3)C2)ccc1O. The molecule has 0 saturated carbocycles. The molecule has 1 fully saturated rings. The van der Waals surface area contributed by atoms with E-state index in [0.717, 1.165) is 23.9 Å². The van der Waals surface area contributed by atoms with Crippen molar-refractivity contribution in [1.82, 2.24) is 14.5 Å². The lowest BCUT2D eigenvalue weighted by molar-refractivity contribution is -0.386. The number of phenolic OH excluding ortho intramolecular Hbond substituents is 1. The number of rotatable bonds is 4. The number of nitrogens with one attached hydrogen (secondary N) is 1. The topological polar surface area (TPSA) is 129 Å². The van der Waals surface area contributed by atoms with Gasteiger partial charge in [0.15, 0.2) is 5.75 Å². The average Bonchev–Trinajstić information content (AvgIpc) is 2.90. The van der Waals surface area contributed by atoms with Crippen LogP contribution in [0, 0.1) is 10.1 Å². The quantitative estimate of drug-likeness (QED) is 0.632. The van der Waals surface area contributed by atoms with Crippen LogP contribution in [0.15, 0.2) is 35.4 Å². The van der Waals surface area contributed by atoms with Crippen molar-refractivity contribution in [2.75, 3.05) is 13.1 Å². The van der Waals surface area contributed by atoms with Crippen LogP contribution in [0.2, 0.25) is 0 Å². The number of benzene rings is 1. The fourth-order valence-corrected chi connectivity index (χ4v) is 3.84. The van der Waals surface area contributed by atoms with Crippen LogP contribution in [0.3, 0.4) is 0 Å².